The van der Waals surface area contributed by atoms with Crippen LogP contribution in [0.3, 0.4) is 0 Å². The van der Waals surface area contributed by atoms with Gasteiger partial charge >= 0.3 is 0 Å². The molecule has 0 radical (unpaired) electrons. The molecule has 19 heavy (non-hydrogen) atoms. The number of hydrazine groups is 1. The fourth-order valence-electron chi connectivity index (χ4n) is 2.90. The van der Waals surface area contributed by atoms with Gasteiger partial charge in [0.05, 0.1) is 0 Å². The van der Waals surface area contributed by atoms with Crippen LogP contribution in [0, 0.1) is 11.8 Å². The number of anilines is 2. The molecule has 0 spiro atoms. The van der Waals surface area contributed by atoms with Gasteiger partial charge in [-0.15, -0.1) is 0 Å². The Labute approximate surface area is 115 Å². The summed E-state index contributed by atoms with van der Waals surface area (Å²) in [6.45, 7) is 8.91. The van der Waals surface area contributed by atoms with E-state index in [1.165, 1.54) is 12.8 Å². The molecule has 3 N–H and O–H groups in total. The topological polar surface area (TPSA) is 67.1 Å². The Kier molecular flexibility index (Phi) is 4.58. The summed E-state index contributed by atoms with van der Waals surface area (Å²) >= 11 is 0. The molecule has 0 saturated carbocycles. The van der Waals surface area contributed by atoms with Crippen LogP contribution >= 0.6 is 0 Å². The van der Waals surface area contributed by atoms with Crippen molar-refractivity contribution < 1.29 is 0 Å². The van der Waals surface area contributed by atoms with Gasteiger partial charge in [-0.05, 0) is 31.1 Å². The quantitative estimate of drug-likeness (QED) is 0.644. The Balaban J connectivity index is 2.15. The third kappa shape index (κ3) is 2.97. The number of rotatable bonds is 4. The maximum absolute atomic E-state index is 5.53. The van der Waals surface area contributed by atoms with Gasteiger partial charge in [-0.2, -0.15) is 0 Å². The van der Waals surface area contributed by atoms with Gasteiger partial charge in [0.25, 0.3) is 0 Å². The Hall–Kier alpha value is -1.36. The van der Waals surface area contributed by atoms with Gasteiger partial charge in [-0.25, -0.2) is 15.8 Å². The molecule has 2 rings (SSSR count). The lowest BCUT2D eigenvalue weighted by Crippen LogP contribution is -2.36. The normalized spacial score (nSPS) is 17.0. The van der Waals surface area contributed by atoms with E-state index in [0.29, 0.717) is 0 Å². The standard InChI is InChI=1S/C14H25N5/c1-4-12-13(18-15)16-9-17-14(12)19-7-5-11(6-8-19)10(2)3/h9-11H,4-8,15H2,1-3H3,(H,16,17,18). The monoisotopic (exact) mass is 263 g/mol. The fourth-order valence-corrected chi connectivity index (χ4v) is 2.90. The molecule has 1 aliphatic heterocycles. The molecule has 5 nitrogen and oxygen atoms in total. The molecule has 106 valence electrons. The lowest BCUT2D eigenvalue weighted by molar-refractivity contribution is 0.310. The molecule has 0 aliphatic carbocycles. The highest BCUT2D eigenvalue weighted by molar-refractivity contribution is 5.58. The van der Waals surface area contributed by atoms with Crippen LogP contribution in [0.25, 0.3) is 0 Å². The predicted octanol–water partition coefficient (Wildman–Crippen LogP) is 2.20. The van der Waals surface area contributed by atoms with Gasteiger partial charge in [0.1, 0.15) is 18.0 Å². The van der Waals surface area contributed by atoms with Gasteiger partial charge < -0.3 is 10.3 Å². The summed E-state index contributed by atoms with van der Waals surface area (Å²) in [5, 5.41) is 0. The lowest BCUT2D eigenvalue weighted by atomic mass is 9.86. The second-order valence-corrected chi connectivity index (χ2v) is 5.59. The molecular weight excluding hydrogens is 238 g/mol. The first kappa shape index (κ1) is 14.1. The molecule has 1 fully saturated rings. The second kappa shape index (κ2) is 6.19. The third-order valence-electron chi connectivity index (χ3n) is 4.19. The number of nitrogen functional groups attached to an aromatic ring is 1. The Morgan fingerprint density at radius 2 is 2.05 bits per heavy atom. The molecule has 5 heteroatoms. The van der Waals surface area contributed by atoms with E-state index in [2.05, 4.69) is 41.1 Å². The van der Waals surface area contributed by atoms with E-state index in [1.54, 1.807) is 6.33 Å². The van der Waals surface area contributed by atoms with E-state index in [9.17, 15) is 0 Å². The molecule has 2 heterocycles. The van der Waals surface area contributed by atoms with Crippen molar-refractivity contribution in [1.29, 1.82) is 0 Å². The molecule has 1 saturated heterocycles. The third-order valence-corrected chi connectivity index (χ3v) is 4.19. The summed E-state index contributed by atoms with van der Waals surface area (Å²) in [7, 11) is 0. The first-order valence-corrected chi connectivity index (χ1v) is 7.22. The molecule has 0 unspecified atom stereocenters. The van der Waals surface area contributed by atoms with E-state index >= 15 is 0 Å². The first-order valence-electron chi connectivity index (χ1n) is 7.22. The van der Waals surface area contributed by atoms with Crippen LogP contribution in [0.4, 0.5) is 11.6 Å². The highest BCUT2D eigenvalue weighted by Crippen LogP contribution is 2.30. The molecular formula is C14H25N5. The van der Waals surface area contributed by atoms with Crippen LogP contribution in [0.15, 0.2) is 6.33 Å². The predicted molar refractivity (Wildman–Crippen MR) is 79.0 cm³/mol. The SMILES string of the molecule is CCc1c(NN)ncnc1N1CCC(C(C)C)CC1. The lowest BCUT2D eigenvalue weighted by Gasteiger charge is -2.35. The summed E-state index contributed by atoms with van der Waals surface area (Å²) in [6, 6.07) is 0. The maximum atomic E-state index is 5.53. The number of nitrogens with two attached hydrogens (primary N) is 1. The molecule has 1 aromatic heterocycles. The zero-order valence-electron chi connectivity index (χ0n) is 12.2. The number of nitrogens with one attached hydrogen (secondary N) is 1. The average molecular weight is 263 g/mol. The zero-order chi connectivity index (χ0) is 13.8. The van der Waals surface area contributed by atoms with Gasteiger partial charge in [-0.3, -0.25) is 0 Å². The molecule has 0 bridgehead atoms. The van der Waals surface area contributed by atoms with Gasteiger partial charge in [-0.1, -0.05) is 20.8 Å². The van der Waals surface area contributed by atoms with Gasteiger partial charge in [0, 0.05) is 18.7 Å². The van der Waals surface area contributed by atoms with E-state index < -0.39 is 0 Å². The first-order chi connectivity index (χ1) is 9.17. The molecule has 0 amide bonds. The van der Waals surface area contributed by atoms with Gasteiger partial charge in [0.2, 0.25) is 0 Å². The maximum Gasteiger partial charge on any atom is 0.148 e. The summed E-state index contributed by atoms with van der Waals surface area (Å²) in [6.07, 6.45) is 4.98. The molecule has 1 aromatic rings. The number of hydrogen-bond donors (Lipinski definition) is 2. The van der Waals surface area contributed by atoms with E-state index in [1.807, 2.05) is 0 Å². The van der Waals surface area contributed by atoms with Crippen LogP contribution in [0.1, 0.15) is 39.2 Å². The highest BCUT2D eigenvalue weighted by Gasteiger charge is 2.24. The largest absolute Gasteiger partial charge is 0.356 e. The average Bonchev–Trinajstić information content (AvgIpc) is 2.46. The minimum atomic E-state index is 0.749. The van der Waals surface area contributed by atoms with Gasteiger partial charge in [0.15, 0.2) is 0 Å². The molecule has 0 atom stereocenters. The second-order valence-electron chi connectivity index (χ2n) is 5.59. The minimum Gasteiger partial charge on any atom is -0.356 e. The fraction of sp³-hybridized carbons (Fsp3) is 0.714. The Bertz CT molecular complexity index is 410. The number of nitrogens with zero attached hydrogens (tertiary/aromatic N) is 3. The molecule has 0 aromatic carbocycles. The van der Waals surface area contributed by atoms with E-state index in [-0.39, 0.29) is 0 Å². The van der Waals surface area contributed by atoms with E-state index in [0.717, 1.165) is 48.5 Å². The summed E-state index contributed by atoms with van der Waals surface area (Å²) in [4.78, 5) is 11.0. The van der Waals surface area contributed by atoms with Crippen molar-refractivity contribution in [2.75, 3.05) is 23.4 Å². The van der Waals surface area contributed by atoms with Crippen molar-refractivity contribution in [2.24, 2.45) is 17.7 Å². The Morgan fingerprint density at radius 3 is 2.58 bits per heavy atom. The van der Waals surface area contributed by atoms with Crippen LogP contribution in [-0.2, 0) is 6.42 Å². The number of aromatic nitrogens is 2. The highest BCUT2D eigenvalue weighted by atomic mass is 15.3. The van der Waals surface area contributed by atoms with Crippen LogP contribution in [0.5, 0.6) is 0 Å². The van der Waals surface area contributed by atoms with Crippen molar-refractivity contribution in [2.45, 2.75) is 40.0 Å². The van der Waals surface area contributed by atoms with Crippen molar-refractivity contribution in [3.63, 3.8) is 0 Å². The number of piperidine rings is 1. The summed E-state index contributed by atoms with van der Waals surface area (Å²) in [5.41, 5.74) is 3.79. The minimum absolute atomic E-state index is 0.749. The van der Waals surface area contributed by atoms with E-state index in [4.69, 9.17) is 5.84 Å². The summed E-state index contributed by atoms with van der Waals surface area (Å²) in [5.74, 6) is 8.95. The van der Waals surface area contributed by atoms with Crippen LogP contribution in [-0.4, -0.2) is 23.1 Å². The van der Waals surface area contributed by atoms with Crippen molar-refractivity contribution in [3.05, 3.63) is 11.9 Å². The Morgan fingerprint density at radius 1 is 1.37 bits per heavy atom. The van der Waals surface area contributed by atoms with Crippen LogP contribution in [0.2, 0.25) is 0 Å². The number of hydrogen-bond acceptors (Lipinski definition) is 5. The molecule has 1 aliphatic rings. The van der Waals surface area contributed by atoms with Crippen molar-refractivity contribution >= 4 is 11.6 Å². The zero-order valence-corrected chi connectivity index (χ0v) is 12.2. The van der Waals surface area contributed by atoms with Crippen molar-refractivity contribution in [1.82, 2.24) is 9.97 Å². The van der Waals surface area contributed by atoms with Crippen molar-refractivity contribution in [3.8, 4) is 0 Å². The smallest absolute Gasteiger partial charge is 0.148 e. The van der Waals surface area contributed by atoms with Crippen LogP contribution < -0.4 is 16.2 Å². The summed E-state index contributed by atoms with van der Waals surface area (Å²) < 4.78 is 0.